The fourth-order valence-electron chi connectivity index (χ4n) is 0.746. The first kappa shape index (κ1) is 9.76. The Balaban J connectivity index is 4.13. The molecule has 1 nitrogen and oxygen atoms in total. The van der Waals surface area contributed by atoms with Gasteiger partial charge in [-0.15, -0.1) is 11.8 Å². The van der Waals surface area contributed by atoms with Crippen molar-refractivity contribution in [1.82, 2.24) is 0 Å². The van der Waals surface area contributed by atoms with E-state index in [1.54, 1.807) is 11.8 Å². The molecule has 0 N–H and O–H groups in total. The number of aliphatic imine (C=N–C) groups is 1. The quantitative estimate of drug-likeness (QED) is 0.571. The molecule has 0 aliphatic carbocycles. The molecule has 0 aromatic rings. The highest BCUT2D eigenvalue weighted by molar-refractivity contribution is 8.02. The molecule has 0 amide bonds. The number of nitrogens with zero attached hydrogens (tertiary/aromatic N) is 1. The van der Waals surface area contributed by atoms with Crippen molar-refractivity contribution in [3.05, 3.63) is 10.6 Å². The minimum atomic E-state index is 1.08. The van der Waals surface area contributed by atoms with Crippen molar-refractivity contribution in [2.24, 2.45) is 4.99 Å². The summed E-state index contributed by atoms with van der Waals surface area (Å²) in [6.45, 7) is 7.67. The minimum absolute atomic E-state index is 1.08. The third kappa shape index (κ3) is 3.06. The van der Waals surface area contributed by atoms with Crippen molar-refractivity contribution < 1.29 is 0 Å². The first-order valence-corrected chi connectivity index (χ1v) is 4.69. The van der Waals surface area contributed by atoms with Gasteiger partial charge in [0.05, 0.1) is 0 Å². The molecule has 0 aromatic carbocycles. The molecular formula is C8H15NS. The van der Waals surface area contributed by atoms with E-state index >= 15 is 0 Å². The third-order valence-corrected chi connectivity index (χ3v) is 2.36. The van der Waals surface area contributed by atoms with Crippen LogP contribution in [0.25, 0.3) is 0 Å². The largest absolute Gasteiger partial charge is 0.269 e. The van der Waals surface area contributed by atoms with Crippen LogP contribution in [0.5, 0.6) is 0 Å². The molecule has 0 rings (SSSR count). The monoisotopic (exact) mass is 157 g/mol. The Hall–Kier alpha value is -0.240. The predicted molar refractivity (Wildman–Crippen MR) is 50.7 cm³/mol. The molecule has 0 saturated heterocycles. The molecule has 0 saturated carbocycles. The van der Waals surface area contributed by atoms with Gasteiger partial charge in [-0.25, -0.2) is 0 Å². The average molecular weight is 157 g/mol. The first-order chi connectivity index (χ1) is 4.76. The lowest BCUT2D eigenvalue weighted by molar-refractivity contribution is 0.934. The second-order valence-corrected chi connectivity index (χ2v) is 3.02. The standard InChI is InChI=1S/C8H15NS/c1-5-6-8(10-4)7(2)9-3/h3,5-6H2,1-2,4H3/b8-7-. The van der Waals surface area contributed by atoms with Gasteiger partial charge in [-0.3, -0.25) is 4.99 Å². The van der Waals surface area contributed by atoms with Gasteiger partial charge in [-0.05, 0) is 26.3 Å². The van der Waals surface area contributed by atoms with Crippen LogP contribution < -0.4 is 0 Å². The topological polar surface area (TPSA) is 12.4 Å². The molecule has 0 atom stereocenters. The lowest BCUT2D eigenvalue weighted by atomic mass is 10.3. The summed E-state index contributed by atoms with van der Waals surface area (Å²) in [6.07, 6.45) is 4.40. The van der Waals surface area contributed by atoms with Gasteiger partial charge in [0.15, 0.2) is 0 Å². The van der Waals surface area contributed by atoms with Gasteiger partial charge in [0.1, 0.15) is 0 Å². The van der Waals surface area contributed by atoms with Crippen molar-refractivity contribution in [3.63, 3.8) is 0 Å². The molecule has 0 aliphatic rings. The van der Waals surface area contributed by atoms with E-state index in [-0.39, 0.29) is 0 Å². The number of rotatable bonds is 4. The summed E-state index contributed by atoms with van der Waals surface area (Å²) in [5, 5.41) is 0. The third-order valence-electron chi connectivity index (χ3n) is 1.36. The van der Waals surface area contributed by atoms with E-state index in [0.29, 0.717) is 0 Å². The summed E-state index contributed by atoms with van der Waals surface area (Å²) in [5.74, 6) is 0. The molecule has 0 radical (unpaired) electrons. The van der Waals surface area contributed by atoms with Crippen LogP contribution in [-0.2, 0) is 0 Å². The fourth-order valence-corrected chi connectivity index (χ4v) is 1.51. The molecule has 10 heavy (non-hydrogen) atoms. The van der Waals surface area contributed by atoms with Gasteiger partial charge in [-0.2, -0.15) is 0 Å². The van der Waals surface area contributed by atoms with Crippen LogP contribution in [0.3, 0.4) is 0 Å². The van der Waals surface area contributed by atoms with E-state index in [4.69, 9.17) is 0 Å². The van der Waals surface area contributed by atoms with Gasteiger partial charge in [0.2, 0.25) is 0 Å². The summed E-state index contributed by atoms with van der Waals surface area (Å²) in [7, 11) is 0. The van der Waals surface area contributed by atoms with Crippen LogP contribution in [0, 0.1) is 0 Å². The predicted octanol–water partition coefficient (Wildman–Crippen LogP) is 3.08. The summed E-state index contributed by atoms with van der Waals surface area (Å²) in [4.78, 5) is 5.25. The van der Waals surface area contributed by atoms with Crippen LogP contribution in [0.1, 0.15) is 26.7 Å². The maximum atomic E-state index is 3.89. The van der Waals surface area contributed by atoms with Crippen molar-refractivity contribution in [2.45, 2.75) is 26.7 Å². The molecule has 2 heteroatoms. The van der Waals surface area contributed by atoms with E-state index in [1.165, 1.54) is 11.3 Å². The number of hydrogen-bond acceptors (Lipinski definition) is 2. The average Bonchev–Trinajstić information content (AvgIpc) is 1.99. The second-order valence-electron chi connectivity index (χ2n) is 2.12. The summed E-state index contributed by atoms with van der Waals surface area (Å²) < 4.78 is 0. The second kappa shape index (κ2) is 5.54. The Labute approximate surface area is 67.6 Å². The maximum Gasteiger partial charge on any atom is 0.0460 e. The van der Waals surface area contributed by atoms with E-state index in [1.807, 2.05) is 6.92 Å². The SMILES string of the molecule is C=N/C(C)=C(/CCC)SC. The van der Waals surface area contributed by atoms with E-state index in [9.17, 15) is 0 Å². The normalized spacial score (nSPS) is 12.7. The highest BCUT2D eigenvalue weighted by Gasteiger charge is 1.96. The molecule has 0 spiro atoms. The summed E-state index contributed by atoms with van der Waals surface area (Å²) in [6, 6.07) is 0. The van der Waals surface area contributed by atoms with Gasteiger partial charge >= 0.3 is 0 Å². The highest BCUT2D eigenvalue weighted by Crippen LogP contribution is 2.22. The molecule has 0 heterocycles. The van der Waals surface area contributed by atoms with Gasteiger partial charge in [0.25, 0.3) is 0 Å². The van der Waals surface area contributed by atoms with Crippen molar-refractivity contribution >= 4 is 18.5 Å². The number of thioether (sulfide) groups is 1. The zero-order chi connectivity index (χ0) is 7.98. The van der Waals surface area contributed by atoms with Crippen LogP contribution in [0.15, 0.2) is 15.6 Å². The number of allylic oxidation sites excluding steroid dienone is 2. The van der Waals surface area contributed by atoms with E-state index in [2.05, 4.69) is 24.9 Å². The summed E-state index contributed by atoms with van der Waals surface area (Å²) >= 11 is 1.77. The fraction of sp³-hybridized carbons (Fsp3) is 0.625. The molecule has 0 aromatic heterocycles. The number of hydrogen-bond donors (Lipinski definition) is 0. The Morgan fingerprint density at radius 3 is 2.50 bits per heavy atom. The smallest absolute Gasteiger partial charge is 0.0460 e. The van der Waals surface area contributed by atoms with Crippen molar-refractivity contribution in [2.75, 3.05) is 6.26 Å². The van der Waals surface area contributed by atoms with Crippen LogP contribution >= 0.6 is 11.8 Å². The minimum Gasteiger partial charge on any atom is -0.269 e. The molecule has 58 valence electrons. The lowest BCUT2D eigenvalue weighted by Gasteiger charge is -2.02. The lowest BCUT2D eigenvalue weighted by Crippen LogP contribution is -1.80. The van der Waals surface area contributed by atoms with Crippen molar-refractivity contribution in [1.29, 1.82) is 0 Å². The molecule has 0 fully saturated rings. The van der Waals surface area contributed by atoms with E-state index < -0.39 is 0 Å². The maximum absolute atomic E-state index is 3.89. The molecule has 0 bridgehead atoms. The van der Waals surface area contributed by atoms with E-state index in [0.717, 1.165) is 12.1 Å². The van der Waals surface area contributed by atoms with Gasteiger partial charge < -0.3 is 0 Å². The Morgan fingerprint density at radius 1 is 1.60 bits per heavy atom. The Bertz CT molecular complexity index is 138. The van der Waals surface area contributed by atoms with Crippen LogP contribution in [-0.4, -0.2) is 13.0 Å². The highest BCUT2D eigenvalue weighted by atomic mass is 32.2. The van der Waals surface area contributed by atoms with Gasteiger partial charge in [0, 0.05) is 10.6 Å². The molecular weight excluding hydrogens is 142 g/mol. The first-order valence-electron chi connectivity index (χ1n) is 3.46. The summed E-state index contributed by atoms with van der Waals surface area (Å²) in [5.41, 5.74) is 1.08. The van der Waals surface area contributed by atoms with Gasteiger partial charge in [-0.1, -0.05) is 13.3 Å². The van der Waals surface area contributed by atoms with Crippen LogP contribution in [0.2, 0.25) is 0 Å². The Morgan fingerprint density at radius 2 is 2.20 bits per heavy atom. The zero-order valence-corrected chi connectivity index (χ0v) is 7.79. The zero-order valence-electron chi connectivity index (χ0n) is 6.98. The molecule has 0 unspecified atom stereocenters. The van der Waals surface area contributed by atoms with Crippen LogP contribution in [0.4, 0.5) is 0 Å². The van der Waals surface area contributed by atoms with Crippen molar-refractivity contribution in [3.8, 4) is 0 Å². The Kier molecular flexibility index (Phi) is 5.40. The molecule has 0 aliphatic heterocycles.